The smallest absolute Gasteiger partial charge is 0.163 e. The minimum atomic E-state index is 0.322. The first kappa shape index (κ1) is 13.1. The number of Topliss-reactive ketones (excluding diaryl/α,β-unsaturated/α-hetero) is 1. The van der Waals surface area contributed by atoms with Gasteiger partial charge in [0.25, 0.3) is 0 Å². The Labute approximate surface area is 120 Å². The summed E-state index contributed by atoms with van der Waals surface area (Å²) in [5.41, 5.74) is 4.50. The van der Waals surface area contributed by atoms with Crippen molar-refractivity contribution in [2.24, 2.45) is 5.92 Å². The highest BCUT2D eigenvalue weighted by Crippen LogP contribution is 2.31. The van der Waals surface area contributed by atoms with Crippen molar-refractivity contribution in [3.63, 3.8) is 0 Å². The van der Waals surface area contributed by atoms with Gasteiger partial charge in [-0.2, -0.15) is 0 Å². The lowest BCUT2D eigenvalue weighted by Crippen LogP contribution is -2.20. The number of rotatable bonds is 3. The Kier molecular flexibility index (Phi) is 3.68. The molecule has 1 nitrogen and oxygen atoms in total. The molecule has 1 atom stereocenters. The molecule has 2 aromatic carbocycles. The lowest BCUT2D eigenvalue weighted by atomic mass is 9.80. The molecule has 0 saturated carbocycles. The Hall–Kier alpha value is -1.89. The molecule has 0 heterocycles. The maximum absolute atomic E-state index is 12.4. The van der Waals surface area contributed by atoms with Crippen LogP contribution >= 0.6 is 0 Å². The second kappa shape index (κ2) is 5.62. The van der Waals surface area contributed by atoms with Crippen LogP contribution in [0.15, 0.2) is 48.5 Å². The SMILES string of the molecule is CCCC1CC(=O)c2cc(-c3ccccc3)ccc2C1. The quantitative estimate of drug-likeness (QED) is 0.770. The molecule has 0 aliphatic heterocycles. The highest BCUT2D eigenvalue weighted by atomic mass is 16.1. The van der Waals surface area contributed by atoms with Crippen molar-refractivity contribution < 1.29 is 4.79 Å². The standard InChI is InChI=1S/C19H20O/c1-2-6-14-11-17-10-9-16(13-18(17)19(20)12-14)15-7-4-3-5-8-15/h3-5,7-10,13-14H,2,6,11-12H2,1H3. The molecule has 0 saturated heterocycles. The Balaban J connectivity index is 1.94. The average molecular weight is 264 g/mol. The fourth-order valence-electron chi connectivity index (χ4n) is 3.19. The van der Waals surface area contributed by atoms with Crippen molar-refractivity contribution in [3.05, 3.63) is 59.7 Å². The molecule has 1 heteroatoms. The maximum Gasteiger partial charge on any atom is 0.163 e. The first-order valence-corrected chi connectivity index (χ1v) is 7.49. The number of carbonyl (C=O) groups is 1. The van der Waals surface area contributed by atoms with Gasteiger partial charge in [-0.1, -0.05) is 55.8 Å². The molecule has 0 radical (unpaired) electrons. The van der Waals surface area contributed by atoms with E-state index in [0.717, 1.165) is 36.8 Å². The minimum Gasteiger partial charge on any atom is -0.294 e. The molecule has 20 heavy (non-hydrogen) atoms. The zero-order valence-corrected chi connectivity index (χ0v) is 11.9. The van der Waals surface area contributed by atoms with Gasteiger partial charge in [-0.25, -0.2) is 0 Å². The van der Waals surface area contributed by atoms with E-state index in [1.54, 1.807) is 0 Å². The lowest BCUT2D eigenvalue weighted by Gasteiger charge is -2.23. The van der Waals surface area contributed by atoms with Crippen LogP contribution < -0.4 is 0 Å². The first-order valence-electron chi connectivity index (χ1n) is 7.49. The molecule has 1 aliphatic carbocycles. The molecule has 1 aliphatic rings. The van der Waals surface area contributed by atoms with E-state index < -0.39 is 0 Å². The van der Waals surface area contributed by atoms with Crippen LogP contribution in [-0.2, 0) is 6.42 Å². The summed E-state index contributed by atoms with van der Waals surface area (Å²) in [4.78, 5) is 12.4. The first-order chi connectivity index (χ1) is 9.78. The predicted molar refractivity (Wildman–Crippen MR) is 82.9 cm³/mol. The van der Waals surface area contributed by atoms with Crippen LogP contribution in [0, 0.1) is 5.92 Å². The van der Waals surface area contributed by atoms with Crippen molar-refractivity contribution in [3.8, 4) is 11.1 Å². The third kappa shape index (κ3) is 2.53. The summed E-state index contributed by atoms with van der Waals surface area (Å²) < 4.78 is 0. The topological polar surface area (TPSA) is 17.1 Å². The number of ketones is 1. The van der Waals surface area contributed by atoms with Gasteiger partial charge in [-0.3, -0.25) is 4.79 Å². The van der Waals surface area contributed by atoms with Crippen LogP contribution in [0.3, 0.4) is 0 Å². The summed E-state index contributed by atoms with van der Waals surface area (Å²) in [7, 11) is 0. The van der Waals surface area contributed by atoms with E-state index in [0.29, 0.717) is 11.7 Å². The van der Waals surface area contributed by atoms with Gasteiger partial charge in [0.2, 0.25) is 0 Å². The van der Waals surface area contributed by atoms with Gasteiger partial charge in [0.05, 0.1) is 0 Å². The fraction of sp³-hybridized carbons (Fsp3) is 0.316. The van der Waals surface area contributed by atoms with Crippen molar-refractivity contribution in [1.82, 2.24) is 0 Å². The van der Waals surface area contributed by atoms with Crippen molar-refractivity contribution in [2.75, 3.05) is 0 Å². The summed E-state index contributed by atoms with van der Waals surface area (Å²) in [5.74, 6) is 0.866. The summed E-state index contributed by atoms with van der Waals surface area (Å²) in [6, 6.07) is 16.6. The number of fused-ring (bicyclic) bond motifs is 1. The van der Waals surface area contributed by atoms with Crippen LogP contribution in [0.4, 0.5) is 0 Å². The second-order valence-electron chi connectivity index (χ2n) is 5.72. The molecule has 3 rings (SSSR count). The monoisotopic (exact) mass is 264 g/mol. The second-order valence-corrected chi connectivity index (χ2v) is 5.72. The number of hydrogen-bond donors (Lipinski definition) is 0. The summed E-state index contributed by atoms with van der Waals surface area (Å²) >= 11 is 0. The molecule has 0 N–H and O–H groups in total. The number of hydrogen-bond acceptors (Lipinski definition) is 1. The highest BCUT2D eigenvalue weighted by Gasteiger charge is 2.24. The Morgan fingerprint density at radius 3 is 2.55 bits per heavy atom. The van der Waals surface area contributed by atoms with Crippen LogP contribution in [0.2, 0.25) is 0 Å². The zero-order valence-electron chi connectivity index (χ0n) is 11.9. The fourth-order valence-corrected chi connectivity index (χ4v) is 3.19. The van der Waals surface area contributed by atoms with E-state index in [2.05, 4.69) is 37.3 Å². The van der Waals surface area contributed by atoms with Crippen molar-refractivity contribution >= 4 is 5.78 Å². The molecule has 1 unspecified atom stereocenters. The van der Waals surface area contributed by atoms with Gasteiger partial charge in [0, 0.05) is 12.0 Å². The maximum atomic E-state index is 12.4. The van der Waals surface area contributed by atoms with Gasteiger partial charge >= 0.3 is 0 Å². The molecule has 102 valence electrons. The van der Waals surface area contributed by atoms with Gasteiger partial charge in [0.15, 0.2) is 5.78 Å². The van der Waals surface area contributed by atoms with E-state index in [4.69, 9.17) is 0 Å². The van der Waals surface area contributed by atoms with Crippen LogP contribution in [-0.4, -0.2) is 5.78 Å². The lowest BCUT2D eigenvalue weighted by molar-refractivity contribution is 0.0946. The third-order valence-electron chi connectivity index (χ3n) is 4.20. The molecule has 0 spiro atoms. The Morgan fingerprint density at radius 1 is 1.00 bits per heavy atom. The molecule has 0 aromatic heterocycles. The zero-order chi connectivity index (χ0) is 13.9. The van der Waals surface area contributed by atoms with E-state index in [1.807, 2.05) is 18.2 Å². The van der Waals surface area contributed by atoms with Crippen LogP contribution in [0.5, 0.6) is 0 Å². The van der Waals surface area contributed by atoms with Gasteiger partial charge < -0.3 is 0 Å². The molecule has 2 aromatic rings. The van der Waals surface area contributed by atoms with Gasteiger partial charge in [-0.15, -0.1) is 0 Å². The van der Waals surface area contributed by atoms with Gasteiger partial charge in [-0.05, 0) is 41.5 Å². The van der Waals surface area contributed by atoms with Crippen LogP contribution in [0.25, 0.3) is 11.1 Å². The predicted octanol–water partition coefficient (Wildman–Crippen LogP) is 4.90. The van der Waals surface area contributed by atoms with Crippen LogP contribution in [0.1, 0.15) is 42.1 Å². The summed E-state index contributed by atoms with van der Waals surface area (Å²) in [6.07, 6.45) is 4.10. The van der Waals surface area contributed by atoms with Crippen molar-refractivity contribution in [1.29, 1.82) is 0 Å². The number of carbonyl (C=O) groups excluding carboxylic acids is 1. The van der Waals surface area contributed by atoms with E-state index in [9.17, 15) is 4.79 Å². The molecule has 0 fully saturated rings. The molecular formula is C19H20O. The summed E-state index contributed by atoms with van der Waals surface area (Å²) in [5, 5.41) is 0. The molecule has 0 amide bonds. The summed E-state index contributed by atoms with van der Waals surface area (Å²) in [6.45, 7) is 2.19. The largest absolute Gasteiger partial charge is 0.294 e. The Morgan fingerprint density at radius 2 is 1.80 bits per heavy atom. The molecule has 0 bridgehead atoms. The van der Waals surface area contributed by atoms with Gasteiger partial charge in [0.1, 0.15) is 0 Å². The average Bonchev–Trinajstić information content (AvgIpc) is 2.48. The van der Waals surface area contributed by atoms with E-state index in [-0.39, 0.29) is 0 Å². The van der Waals surface area contributed by atoms with E-state index in [1.165, 1.54) is 11.1 Å². The minimum absolute atomic E-state index is 0.322. The van der Waals surface area contributed by atoms with Crippen molar-refractivity contribution in [2.45, 2.75) is 32.6 Å². The van der Waals surface area contributed by atoms with E-state index >= 15 is 0 Å². The Bertz CT molecular complexity index is 613. The number of benzene rings is 2. The molecular weight excluding hydrogens is 244 g/mol. The highest BCUT2D eigenvalue weighted by molar-refractivity contribution is 5.99. The third-order valence-corrected chi connectivity index (χ3v) is 4.20. The normalized spacial score (nSPS) is 17.9.